The highest BCUT2D eigenvalue weighted by molar-refractivity contribution is 14.0. The molecular weight excluding hydrogens is 439 g/mol. The fourth-order valence-corrected chi connectivity index (χ4v) is 2.60. The summed E-state index contributed by atoms with van der Waals surface area (Å²) >= 11 is 1.45. The van der Waals surface area contributed by atoms with Gasteiger partial charge in [0.2, 0.25) is 0 Å². The Hall–Kier alpha value is -1.62. The van der Waals surface area contributed by atoms with E-state index in [1.807, 2.05) is 35.3 Å². The Morgan fingerprint density at radius 3 is 2.71 bits per heavy atom. The third-order valence-corrected chi connectivity index (χ3v) is 4.13. The van der Waals surface area contributed by atoms with Gasteiger partial charge in [-0.05, 0) is 23.9 Å². The standard InChI is InChI=1S/C15H22N6OS.HI/c1-16-15(19-11-12-6-9-20-21(12)2)18-8-4-7-17-14(22)13-5-3-10-23-13;/h3,5-6,9-10H,4,7-8,11H2,1-2H3,(H,17,22)(H2,16,18,19);1H. The molecule has 0 radical (unpaired) electrons. The van der Waals surface area contributed by atoms with E-state index in [0.717, 1.165) is 29.5 Å². The van der Waals surface area contributed by atoms with Crippen molar-refractivity contribution in [2.75, 3.05) is 20.1 Å². The van der Waals surface area contributed by atoms with Crippen LogP contribution in [0.1, 0.15) is 21.8 Å². The highest BCUT2D eigenvalue weighted by Crippen LogP contribution is 2.07. The van der Waals surface area contributed by atoms with Crippen molar-refractivity contribution < 1.29 is 4.79 Å². The maximum Gasteiger partial charge on any atom is 0.261 e. The summed E-state index contributed by atoms with van der Waals surface area (Å²) in [6.07, 6.45) is 2.59. The van der Waals surface area contributed by atoms with Crippen LogP contribution in [-0.4, -0.2) is 41.8 Å². The van der Waals surface area contributed by atoms with E-state index in [4.69, 9.17) is 0 Å². The van der Waals surface area contributed by atoms with Crippen LogP contribution in [0.5, 0.6) is 0 Å². The summed E-state index contributed by atoms with van der Waals surface area (Å²) in [5.74, 6) is 0.717. The SMILES string of the molecule is CN=C(NCCCNC(=O)c1cccs1)NCc1ccnn1C.I. The van der Waals surface area contributed by atoms with E-state index in [0.29, 0.717) is 13.1 Å². The average Bonchev–Trinajstić information content (AvgIpc) is 3.21. The molecule has 0 aromatic carbocycles. The van der Waals surface area contributed by atoms with Gasteiger partial charge < -0.3 is 16.0 Å². The van der Waals surface area contributed by atoms with Crippen molar-refractivity contribution in [2.24, 2.45) is 12.0 Å². The normalized spacial score (nSPS) is 10.8. The summed E-state index contributed by atoms with van der Waals surface area (Å²) in [5.41, 5.74) is 1.08. The zero-order valence-electron chi connectivity index (χ0n) is 13.8. The second-order valence-electron chi connectivity index (χ2n) is 4.89. The van der Waals surface area contributed by atoms with Crippen molar-refractivity contribution in [3.8, 4) is 0 Å². The molecule has 0 bridgehead atoms. The number of nitrogens with zero attached hydrogens (tertiary/aromatic N) is 3. The van der Waals surface area contributed by atoms with Crippen LogP contribution in [0.25, 0.3) is 0 Å². The number of hydrogen-bond donors (Lipinski definition) is 3. The molecule has 7 nitrogen and oxygen atoms in total. The van der Waals surface area contributed by atoms with Gasteiger partial charge in [-0.2, -0.15) is 5.10 Å². The number of guanidine groups is 1. The highest BCUT2D eigenvalue weighted by atomic mass is 127. The molecule has 2 aromatic heterocycles. The van der Waals surface area contributed by atoms with Crippen LogP contribution in [0.3, 0.4) is 0 Å². The van der Waals surface area contributed by atoms with Crippen molar-refractivity contribution in [1.29, 1.82) is 0 Å². The molecule has 2 aromatic rings. The van der Waals surface area contributed by atoms with Gasteiger partial charge in [-0.3, -0.25) is 14.5 Å². The van der Waals surface area contributed by atoms with Crippen LogP contribution in [-0.2, 0) is 13.6 Å². The molecule has 0 atom stereocenters. The van der Waals surface area contributed by atoms with Crippen molar-refractivity contribution in [2.45, 2.75) is 13.0 Å². The summed E-state index contributed by atoms with van der Waals surface area (Å²) in [6.45, 7) is 2.02. The topological polar surface area (TPSA) is 83.3 Å². The second kappa shape index (κ2) is 11.0. The number of rotatable bonds is 7. The second-order valence-corrected chi connectivity index (χ2v) is 5.83. The lowest BCUT2D eigenvalue weighted by molar-refractivity contribution is 0.0957. The molecule has 0 fully saturated rings. The molecule has 0 saturated heterocycles. The largest absolute Gasteiger partial charge is 0.356 e. The lowest BCUT2D eigenvalue weighted by atomic mass is 10.4. The van der Waals surface area contributed by atoms with Gasteiger partial charge >= 0.3 is 0 Å². The number of hydrogen-bond acceptors (Lipinski definition) is 4. The molecule has 2 heterocycles. The molecule has 1 amide bonds. The quantitative estimate of drug-likeness (QED) is 0.253. The van der Waals surface area contributed by atoms with Crippen molar-refractivity contribution >= 4 is 47.2 Å². The zero-order valence-corrected chi connectivity index (χ0v) is 16.9. The first-order chi connectivity index (χ1) is 11.2. The van der Waals surface area contributed by atoms with Gasteiger partial charge in [0, 0.05) is 33.4 Å². The van der Waals surface area contributed by atoms with E-state index >= 15 is 0 Å². The molecule has 0 spiro atoms. The number of aliphatic imine (C=N–C) groups is 1. The fourth-order valence-electron chi connectivity index (χ4n) is 1.96. The molecule has 0 saturated carbocycles. The lowest BCUT2D eigenvalue weighted by Gasteiger charge is -2.12. The minimum absolute atomic E-state index is 0. The van der Waals surface area contributed by atoms with Gasteiger partial charge in [0.25, 0.3) is 5.91 Å². The number of amides is 1. The Morgan fingerprint density at radius 2 is 2.08 bits per heavy atom. The molecule has 0 aliphatic rings. The van der Waals surface area contributed by atoms with E-state index in [1.54, 1.807) is 13.2 Å². The Morgan fingerprint density at radius 1 is 1.29 bits per heavy atom. The summed E-state index contributed by atoms with van der Waals surface area (Å²) in [4.78, 5) is 16.7. The molecule has 9 heteroatoms. The first-order valence-corrected chi connectivity index (χ1v) is 8.32. The highest BCUT2D eigenvalue weighted by Gasteiger charge is 2.05. The molecule has 2 rings (SSSR count). The molecule has 132 valence electrons. The molecule has 3 N–H and O–H groups in total. The molecule has 24 heavy (non-hydrogen) atoms. The summed E-state index contributed by atoms with van der Waals surface area (Å²) < 4.78 is 1.82. The lowest BCUT2D eigenvalue weighted by Crippen LogP contribution is -2.38. The average molecular weight is 462 g/mol. The summed E-state index contributed by atoms with van der Waals surface area (Å²) in [7, 11) is 3.64. The molecule has 0 aliphatic carbocycles. The zero-order chi connectivity index (χ0) is 16.5. The number of carbonyl (C=O) groups excluding carboxylic acids is 1. The van der Waals surface area contributed by atoms with Gasteiger partial charge in [-0.15, -0.1) is 35.3 Å². The van der Waals surface area contributed by atoms with E-state index in [-0.39, 0.29) is 29.9 Å². The number of aromatic nitrogens is 2. The van der Waals surface area contributed by atoms with Gasteiger partial charge in [0.15, 0.2) is 5.96 Å². The van der Waals surface area contributed by atoms with Crippen molar-refractivity contribution in [1.82, 2.24) is 25.7 Å². The van der Waals surface area contributed by atoms with Gasteiger partial charge in [0.1, 0.15) is 0 Å². The third kappa shape index (κ3) is 6.48. The van der Waals surface area contributed by atoms with E-state index < -0.39 is 0 Å². The van der Waals surface area contributed by atoms with E-state index in [9.17, 15) is 4.79 Å². The Bertz CT molecular complexity index is 640. The van der Waals surface area contributed by atoms with Gasteiger partial charge in [-0.1, -0.05) is 6.07 Å². The number of thiophene rings is 1. The van der Waals surface area contributed by atoms with Crippen molar-refractivity contribution in [3.63, 3.8) is 0 Å². The fraction of sp³-hybridized carbons (Fsp3) is 0.400. The number of aryl methyl sites for hydroxylation is 1. The number of nitrogens with one attached hydrogen (secondary N) is 3. The van der Waals surface area contributed by atoms with E-state index in [2.05, 4.69) is 26.0 Å². The maximum absolute atomic E-state index is 11.8. The molecular formula is C15H23IN6OS. The van der Waals surface area contributed by atoms with Crippen LogP contribution < -0.4 is 16.0 Å². The molecule has 0 unspecified atom stereocenters. The smallest absolute Gasteiger partial charge is 0.261 e. The van der Waals surface area contributed by atoms with Crippen LogP contribution in [0, 0.1) is 0 Å². The van der Waals surface area contributed by atoms with Gasteiger partial charge in [0.05, 0.1) is 17.1 Å². The van der Waals surface area contributed by atoms with Crippen LogP contribution in [0.15, 0.2) is 34.8 Å². The van der Waals surface area contributed by atoms with Crippen molar-refractivity contribution in [3.05, 3.63) is 40.3 Å². The van der Waals surface area contributed by atoms with Gasteiger partial charge in [-0.25, -0.2) is 0 Å². The maximum atomic E-state index is 11.8. The Balaban J connectivity index is 0.00000288. The monoisotopic (exact) mass is 462 g/mol. The number of carbonyl (C=O) groups is 1. The Kier molecular flexibility index (Phi) is 9.38. The van der Waals surface area contributed by atoms with Crippen LogP contribution >= 0.6 is 35.3 Å². The minimum Gasteiger partial charge on any atom is -0.356 e. The van der Waals surface area contributed by atoms with Crippen LogP contribution in [0.4, 0.5) is 0 Å². The first-order valence-electron chi connectivity index (χ1n) is 7.44. The predicted molar refractivity (Wildman–Crippen MR) is 108 cm³/mol. The Labute approximate surface area is 163 Å². The van der Waals surface area contributed by atoms with Crippen LogP contribution in [0.2, 0.25) is 0 Å². The minimum atomic E-state index is -0.0151. The summed E-state index contributed by atoms with van der Waals surface area (Å²) in [6, 6.07) is 5.65. The summed E-state index contributed by atoms with van der Waals surface area (Å²) in [5, 5.41) is 15.4. The molecule has 0 aliphatic heterocycles. The predicted octanol–water partition coefficient (Wildman–Crippen LogP) is 1.58. The third-order valence-electron chi connectivity index (χ3n) is 3.26. The first kappa shape index (κ1) is 20.4. The number of halogens is 1. The van der Waals surface area contributed by atoms with E-state index in [1.165, 1.54) is 11.3 Å².